The van der Waals surface area contributed by atoms with Crippen molar-refractivity contribution in [3.8, 4) is 0 Å². The molecule has 3 heteroatoms. The van der Waals surface area contributed by atoms with Crippen LogP contribution in [0.2, 0.25) is 5.02 Å². The lowest BCUT2D eigenvalue weighted by atomic mass is 10.3. The number of anilines is 1. The zero-order valence-corrected chi connectivity index (χ0v) is 7.24. The Morgan fingerprint density at radius 3 is 3.00 bits per heavy atom. The summed E-state index contributed by atoms with van der Waals surface area (Å²) < 4.78 is 12.9. The van der Waals surface area contributed by atoms with Gasteiger partial charge in [-0.3, -0.25) is 0 Å². The largest absolute Gasteiger partial charge is 0.379 e. The van der Waals surface area contributed by atoms with Crippen molar-refractivity contribution in [3.05, 3.63) is 41.7 Å². The molecule has 0 aliphatic rings. The molecule has 1 aromatic rings. The SMILES string of the molecule is C=CCNc1cc(Cl)ccc1F. The molecule has 1 rings (SSSR count). The van der Waals surface area contributed by atoms with Gasteiger partial charge in [-0.1, -0.05) is 17.7 Å². The van der Waals surface area contributed by atoms with Crippen LogP contribution in [0.25, 0.3) is 0 Å². The Hall–Kier alpha value is -1.02. The van der Waals surface area contributed by atoms with E-state index < -0.39 is 0 Å². The van der Waals surface area contributed by atoms with E-state index in [9.17, 15) is 4.39 Å². The second-order valence-corrected chi connectivity index (χ2v) is 2.73. The van der Waals surface area contributed by atoms with Gasteiger partial charge >= 0.3 is 0 Å². The molecule has 0 fully saturated rings. The summed E-state index contributed by atoms with van der Waals surface area (Å²) in [5, 5.41) is 3.34. The molecule has 0 saturated heterocycles. The highest BCUT2D eigenvalue weighted by Crippen LogP contribution is 2.18. The summed E-state index contributed by atoms with van der Waals surface area (Å²) >= 11 is 5.66. The highest BCUT2D eigenvalue weighted by atomic mass is 35.5. The molecule has 1 nitrogen and oxygen atoms in total. The summed E-state index contributed by atoms with van der Waals surface area (Å²) in [4.78, 5) is 0. The van der Waals surface area contributed by atoms with Gasteiger partial charge in [-0.15, -0.1) is 6.58 Å². The van der Waals surface area contributed by atoms with E-state index in [-0.39, 0.29) is 5.82 Å². The lowest BCUT2D eigenvalue weighted by molar-refractivity contribution is 0.631. The van der Waals surface area contributed by atoms with Crippen molar-refractivity contribution in [1.82, 2.24) is 0 Å². The zero-order valence-electron chi connectivity index (χ0n) is 6.48. The molecule has 0 atom stereocenters. The van der Waals surface area contributed by atoms with Crippen molar-refractivity contribution < 1.29 is 4.39 Å². The predicted octanol–water partition coefficient (Wildman–Crippen LogP) is 3.08. The minimum Gasteiger partial charge on any atom is -0.379 e. The summed E-state index contributed by atoms with van der Waals surface area (Å²) in [5.41, 5.74) is 0.405. The van der Waals surface area contributed by atoms with Crippen molar-refractivity contribution in [2.24, 2.45) is 0 Å². The minimum absolute atomic E-state index is 0.304. The number of hydrogen-bond acceptors (Lipinski definition) is 1. The van der Waals surface area contributed by atoms with Crippen molar-refractivity contribution in [3.63, 3.8) is 0 Å². The first-order valence-corrected chi connectivity index (χ1v) is 3.91. The fourth-order valence-electron chi connectivity index (χ4n) is 0.815. The minimum atomic E-state index is -0.304. The second-order valence-electron chi connectivity index (χ2n) is 2.29. The van der Waals surface area contributed by atoms with Gasteiger partial charge in [0.2, 0.25) is 0 Å². The van der Waals surface area contributed by atoms with E-state index in [0.717, 1.165) is 0 Å². The van der Waals surface area contributed by atoms with Crippen LogP contribution in [-0.2, 0) is 0 Å². The Bertz CT molecular complexity index is 286. The third-order valence-corrected chi connectivity index (χ3v) is 1.60. The first-order chi connectivity index (χ1) is 5.74. The summed E-state index contributed by atoms with van der Waals surface area (Å²) in [6.45, 7) is 4.03. The van der Waals surface area contributed by atoms with Crippen LogP contribution in [0.1, 0.15) is 0 Å². The fraction of sp³-hybridized carbons (Fsp3) is 0.111. The molecule has 0 aliphatic heterocycles. The first-order valence-electron chi connectivity index (χ1n) is 3.54. The van der Waals surface area contributed by atoms with Crippen molar-refractivity contribution >= 4 is 17.3 Å². The molecule has 0 aliphatic carbocycles. The first kappa shape index (κ1) is 9.07. The summed E-state index contributed by atoms with van der Waals surface area (Å²) in [7, 11) is 0. The Balaban J connectivity index is 2.82. The quantitative estimate of drug-likeness (QED) is 0.714. The highest BCUT2D eigenvalue weighted by Gasteiger charge is 1.99. The van der Waals surface area contributed by atoms with E-state index in [0.29, 0.717) is 17.3 Å². The van der Waals surface area contributed by atoms with E-state index in [2.05, 4.69) is 11.9 Å². The maximum absolute atomic E-state index is 12.9. The van der Waals surface area contributed by atoms with Gasteiger partial charge in [0.15, 0.2) is 0 Å². The summed E-state index contributed by atoms with van der Waals surface area (Å²) in [6, 6.07) is 4.38. The van der Waals surface area contributed by atoms with Gasteiger partial charge in [0.1, 0.15) is 5.82 Å². The normalized spacial score (nSPS) is 9.50. The van der Waals surface area contributed by atoms with Crippen LogP contribution in [0.4, 0.5) is 10.1 Å². The Labute approximate surface area is 75.9 Å². The van der Waals surface area contributed by atoms with Crippen LogP contribution >= 0.6 is 11.6 Å². The molecule has 0 radical (unpaired) electrons. The molecule has 0 heterocycles. The van der Waals surface area contributed by atoms with Crippen LogP contribution in [0.3, 0.4) is 0 Å². The van der Waals surface area contributed by atoms with Gasteiger partial charge in [0, 0.05) is 11.6 Å². The topological polar surface area (TPSA) is 12.0 Å². The van der Waals surface area contributed by atoms with Crippen molar-refractivity contribution in [2.75, 3.05) is 11.9 Å². The van der Waals surface area contributed by atoms with Crippen molar-refractivity contribution in [2.45, 2.75) is 0 Å². The molecule has 0 spiro atoms. The standard InChI is InChI=1S/C9H9ClFN/c1-2-5-12-9-6-7(10)3-4-8(9)11/h2-4,6,12H,1,5H2. The maximum Gasteiger partial charge on any atom is 0.146 e. The lowest BCUT2D eigenvalue weighted by Crippen LogP contribution is -1.99. The van der Waals surface area contributed by atoms with Gasteiger partial charge in [-0.05, 0) is 18.2 Å². The lowest BCUT2D eigenvalue weighted by Gasteiger charge is -2.04. The molecule has 1 N–H and O–H groups in total. The molecule has 0 bridgehead atoms. The van der Waals surface area contributed by atoms with Crippen LogP contribution < -0.4 is 5.32 Å². The number of rotatable bonds is 3. The van der Waals surface area contributed by atoms with Crippen LogP contribution in [0.15, 0.2) is 30.9 Å². The van der Waals surface area contributed by atoms with E-state index in [4.69, 9.17) is 11.6 Å². The molecule has 12 heavy (non-hydrogen) atoms. The van der Waals surface area contributed by atoms with Crippen LogP contribution in [0, 0.1) is 5.82 Å². The molecular weight excluding hydrogens is 177 g/mol. The van der Waals surface area contributed by atoms with Gasteiger partial charge in [-0.25, -0.2) is 4.39 Å². The predicted molar refractivity (Wildman–Crippen MR) is 50.1 cm³/mol. The van der Waals surface area contributed by atoms with Crippen LogP contribution in [0.5, 0.6) is 0 Å². The Morgan fingerprint density at radius 2 is 2.33 bits per heavy atom. The number of nitrogens with one attached hydrogen (secondary N) is 1. The molecule has 64 valence electrons. The Morgan fingerprint density at radius 1 is 1.58 bits per heavy atom. The average Bonchev–Trinajstić information content (AvgIpc) is 2.07. The molecule has 0 amide bonds. The maximum atomic E-state index is 12.9. The second kappa shape index (κ2) is 4.12. The summed E-state index contributed by atoms with van der Waals surface area (Å²) in [5.74, 6) is -0.304. The molecular formula is C9H9ClFN. The van der Waals surface area contributed by atoms with E-state index in [1.54, 1.807) is 12.1 Å². The monoisotopic (exact) mass is 185 g/mol. The van der Waals surface area contributed by atoms with E-state index in [1.165, 1.54) is 12.1 Å². The smallest absolute Gasteiger partial charge is 0.146 e. The van der Waals surface area contributed by atoms with Gasteiger partial charge < -0.3 is 5.32 Å². The average molecular weight is 186 g/mol. The third-order valence-electron chi connectivity index (χ3n) is 1.37. The van der Waals surface area contributed by atoms with E-state index in [1.807, 2.05) is 0 Å². The summed E-state index contributed by atoms with van der Waals surface area (Å²) in [6.07, 6.45) is 1.65. The van der Waals surface area contributed by atoms with Gasteiger partial charge in [-0.2, -0.15) is 0 Å². The third kappa shape index (κ3) is 2.24. The van der Waals surface area contributed by atoms with Crippen LogP contribution in [-0.4, -0.2) is 6.54 Å². The molecule has 0 saturated carbocycles. The number of benzene rings is 1. The number of hydrogen-bond donors (Lipinski definition) is 1. The highest BCUT2D eigenvalue weighted by molar-refractivity contribution is 6.30. The molecule has 0 aromatic heterocycles. The van der Waals surface area contributed by atoms with Gasteiger partial charge in [0.25, 0.3) is 0 Å². The number of halogens is 2. The van der Waals surface area contributed by atoms with E-state index >= 15 is 0 Å². The molecule has 0 unspecified atom stereocenters. The fourth-order valence-corrected chi connectivity index (χ4v) is 0.987. The van der Waals surface area contributed by atoms with Crippen molar-refractivity contribution in [1.29, 1.82) is 0 Å². The molecule has 1 aromatic carbocycles. The Kier molecular flexibility index (Phi) is 3.11. The van der Waals surface area contributed by atoms with Gasteiger partial charge in [0.05, 0.1) is 5.69 Å². The zero-order chi connectivity index (χ0) is 8.97.